The number of nitrogens with two attached hydrogens (primary N) is 1. The zero-order valence-electron chi connectivity index (χ0n) is 6.79. The van der Waals surface area contributed by atoms with E-state index in [1.165, 1.54) is 10.4 Å². The van der Waals surface area contributed by atoms with Gasteiger partial charge in [0, 0.05) is 9.75 Å². The van der Waals surface area contributed by atoms with Crippen LogP contribution in [0.25, 0.3) is 0 Å². The van der Waals surface area contributed by atoms with E-state index in [9.17, 15) is 0 Å². The number of hydrogen-bond acceptors (Lipinski definition) is 3. The Morgan fingerprint density at radius 3 is 2.64 bits per heavy atom. The molecule has 1 aromatic rings. The summed E-state index contributed by atoms with van der Waals surface area (Å²) in [5.74, 6) is 0. The normalized spacial score (nSPS) is 13.5. The van der Waals surface area contributed by atoms with Gasteiger partial charge in [-0.1, -0.05) is 0 Å². The second kappa shape index (κ2) is 3.34. The molecule has 0 bridgehead atoms. The molecular weight excluding hydrogens is 158 g/mol. The number of aryl methyl sites for hydroxylation is 2. The third-order valence-corrected chi connectivity index (χ3v) is 3.03. The lowest BCUT2D eigenvalue weighted by molar-refractivity contribution is 0.269. The zero-order chi connectivity index (χ0) is 8.43. The average Bonchev–Trinajstić information content (AvgIpc) is 2.31. The summed E-state index contributed by atoms with van der Waals surface area (Å²) in [6, 6.07) is 1.84. The first-order valence-corrected chi connectivity index (χ1v) is 4.40. The van der Waals surface area contributed by atoms with Gasteiger partial charge < -0.3 is 10.8 Å². The van der Waals surface area contributed by atoms with E-state index in [4.69, 9.17) is 10.8 Å². The molecule has 0 fully saturated rings. The molecule has 0 amide bonds. The molecule has 0 aliphatic carbocycles. The first-order chi connectivity index (χ1) is 5.15. The molecule has 2 nitrogen and oxygen atoms in total. The summed E-state index contributed by atoms with van der Waals surface area (Å²) in [4.78, 5) is 2.35. The van der Waals surface area contributed by atoms with Gasteiger partial charge in [0.1, 0.15) is 0 Å². The molecule has 0 aliphatic rings. The Morgan fingerprint density at radius 2 is 2.27 bits per heavy atom. The van der Waals surface area contributed by atoms with E-state index in [0.29, 0.717) is 0 Å². The first-order valence-electron chi connectivity index (χ1n) is 3.58. The lowest BCUT2D eigenvalue weighted by Crippen LogP contribution is -2.12. The Kier molecular flexibility index (Phi) is 2.65. The van der Waals surface area contributed by atoms with Crippen molar-refractivity contribution in [3.05, 3.63) is 21.4 Å². The molecule has 0 saturated carbocycles. The van der Waals surface area contributed by atoms with Gasteiger partial charge in [0.05, 0.1) is 12.6 Å². The molecule has 0 spiro atoms. The fraction of sp³-hybridized carbons (Fsp3) is 0.500. The van der Waals surface area contributed by atoms with Crippen molar-refractivity contribution in [2.45, 2.75) is 19.9 Å². The van der Waals surface area contributed by atoms with Gasteiger partial charge in [0.2, 0.25) is 0 Å². The van der Waals surface area contributed by atoms with Crippen molar-refractivity contribution in [2.24, 2.45) is 5.73 Å². The molecule has 3 N–H and O–H groups in total. The van der Waals surface area contributed by atoms with Crippen molar-refractivity contribution in [2.75, 3.05) is 6.61 Å². The molecule has 62 valence electrons. The molecule has 0 saturated heterocycles. The Bertz CT molecular complexity index is 225. The van der Waals surface area contributed by atoms with Crippen molar-refractivity contribution in [3.8, 4) is 0 Å². The molecule has 1 heterocycles. The van der Waals surface area contributed by atoms with Gasteiger partial charge in [-0.05, 0) is 25.5 Å². The summed E-state index contributed by atoms with van der Waals surface area (Å²) in [5.41, 5.74) is 6.90. The topological polar surface area (TPSA) is 46.2 Å². The highest BCUT2D eigenvalue weighted by Gasteiger charge is 2.08. The first kappa shape index (κ1) is 8.71. The lowest BCUT2D eigenvalue weighted by atomic mass is 10.2. The molecule has 11 heavy (non-hydrogen) atoms. The molecular formula is C8H13NOS. The number of rotatable bonds is 2. The Balaban J connectivity index is 2.88. The van der Waals surface area contributed by atoms with E-state index in [-0.39, 0.29) is 12.6 Å². The van der Waals surface area contributed by atoms with Gasteiger partial charge in [0.15, 0.2) is 0 Å². The van der Waals surface area contributed by atoms with Gasteiger partial charge in [-0.15, -0.1) is 11.3 Å². The fourth-order valence-corrected chi connectivity index (χ4v) is 1.91. The van der Waals surface area contributed by atoms with Crippen LogP contribution in [0.3, 0.4) is 0 Å². The SMILES string of the molecule is Cc1cc([C@@H](N)CO)sc1C. The predicted octanol–water partition coefficient (Wildman–Crippen LogP) is 1.36. The number of hydrogen-bond donors (Lipinski definition) is 2. The standard InChI is InChI=1S/C8H13NOS/c1-5-3-8(7(9)4-10)11-6(5)2/h3,7,10H,4,9H2,1-2H3/t7-/m0/s1. The summed E-state index contributed by atoms with van der Waals surface area (Å²) in [6.07, 6.45) is 0. The van der Waals surface area contributed by atoms with Crippen molar-refractivity contribution in [1.82, 2.24) is 0 Å². The summed E-state index contributed by atoms with van der Waals surface area (Å²) >= 11 is 1.66. The maximum Gasteiger partial charge on any atom is 0.0632 e. The van der Waals surface area contributed by atoms with Gasteiger partial charge >= 0.3 is 0 Å². The smallest absolute Gasteiger partial charge is 0.0632 e. The summed E-state index contributed by atoms with van der Waals surface area (Å²) < 4.78 is 0. The van der Waals surface area contributed by atoms with Gasteiger partial charge in [0.25, 0.3) is 0 Å². The highest BCUT2D eigenvalue weighted by atomic mass is 32.1. The molecule has 1 atom stereocenters. The van der Waals surface area contributed by atoms with Crippen LogP contribution in [0.4, 0.5) is 0 Å². The van der Waals surface area contributed by atoms with Crippen molar-refractivity contribution < 1.29 is 5.11 Å². The van der Waals surface area contributed by atoms with Crippen LogP contribution in [0.1, 0.15) is 21.4 Å². The average molecular weight is 171 g/mol. The van der Waals surface area contributed by atoms with E-state index in [1.54, 1.807) is 11.3 Å². The summed E-state index contributed by atoms with van der Waals surface area (Å²) in [6.45, 7) is 4.15. The minimum atomic E-state index is -0.201. The van der Waals surface area contributed by atoms with Gasteiger partial charge in [-0.3, -0.25) is 0 Å². The molecule has 0 aliphatic heterocycles. The van der Waals surface area contributed by atoms with Crippen LogP contribution in [0, 0.1) is 13.8 Å². The largest absolute Gasteiger partial charge is 0.394 e. The molecule has 0 aromatic carbocycles. The second-order valence-electron chi connectivity index (χ2n) is 2.68. The molecule has 1 aromatic heterocycles. The second-order valence-corrected chi connectivity index (χ2v) is 3.96. The quantitative estimate of drug-likeness (QED) is 0.705. The number of thiophene rings is 1. The number of aliphatic hydroxyl groups is 1. The molecule has 0 unspecified atom stereocenters. The number of aliphatic hydroxyl groups excluding tert-OH is 1. The van der Waals surface area contributed by atoms with E-state index >= 15 is 0 Å². The monoisotopic (exact) mass is 171 g/mol. The van der Waals surface area contributed by atoms with Crippen molar-refractivity contribution >= 4 is 11.3 Å². The van der Waals surface area contributed by atoms with Gasteiger partial charge in [-0.25, -0.2) is 0 Å². The Morgan fingerprint density at radius 1 is 1.64 bits per heavy atom. The minimum Gasteiger partial charge on any atom is -0.394 e. The van der Waals surface area contributed by atoms with Crippen molar-refractivity contribution in [3.63, 3.8) is 0 Å². The van der Waals surface area contributed by atoms with E-state index in [1.807, 2.05) is 6.07 Å². The van der Waals surface area contributed by atoms with Crippen LogP contribution in [-0.4, -0.2) is 11.7 Å². The van der Waals surface area contributed by atoms with E-state index in [2.05, 4.69) is 13.8 Å². The highest BCUT2D eigenvalue weighted by molar-refractivity contribution is 7.12. The van der Waals surface area contributed by atoms with Crippen LogP contribution in [0.15, 0.2) is 6.07 Å². The van der Waals surface area contributed by atoms with E-state index in [0.717, 1.165) is 4.88 Å². The molecule has 1 rings (SSSR count). The van der Waals surface area contributed by atoms with Crippen LogP contribution in [-0.2, 0) is 0 Å². The Labute approximate surface area is 70.7 Å². The third-order valence-electron chi connectivity index (χ3n) is 1.75. The van der Waals surface area contributed by atoms with Crippen LogP contribution < -0.4 is 5.73 Å². The Hall–Kier alpha value is -0.380. The third kappa shape index (κ3) is 1.80. The van der Waals surface area contributed by atoms with Crippen LogP contribution >= 0.6 is 11.3 Å². The summed E-state index contributed by atoms with van der Waals surface area (Å²) in [5, 5.41) is 8.77. The molecule has 0 radical (unpaired) electrons. The fourth-order valence-electron chi connectivity index (χ4n) is 0.874. The minimum absolute atomic E-state index is 0.0272. The maximum atomic E-state index is 8.77. The summed E-state index contributed by atoms with van der Waals surface area (Å²) in [7, 11) is 0. The van der Waals surface area contributed by atoms with Crippen LogP contribution in [0.5, 0.6) is 0 Å². The van der Waals surface area contributed by atoms with Gasteiger partial charge in [-0.2, -0.15) is 0 Å². The van der Waals surface area contributed by atoms with E-state index < -0.39 is 0 Å². The molecule has 3 heteroatoms. The van der Waals surface area contributed by atoms with Crippen LogP contribution in [0.2, 0.25) is 0 Å². The highest BCUT2D eigenvalue weighted by Crippen LogP contribution is 2.24. The van der Waals surface area contributed by atoms with Crippen molar-refractivity contribution in [1.29, 1.82) is 0 Å². The lowest BCUT2D eigenvalue weighted by Gasteiger charge is -2.02. The zero-order valence-corrected chi connectivity index (χ0v) is 7.61. The maximum absolute atomic E-state index is 8.77. The predicted molar refractivity (Wildman–Crippen MR) is 47.8 cm³/mol.